The predicted octanol–water partition coefficient (Wildman–Crippen LogP) is 4.68. The molecule has 3 rings (SSSR count). The third-order valence-corrected chi connectivity index (χ3v) is 4.51. The van der Waals surface area contributed by atoms with Gasteiger partial charge in [-0.1, -0.05) is 60.1 Å². The van der Waals surface area contributed by atoms with Gasteiger partial charge in [-0.15, -0.1) is 0 Å². The highest BCUT2D eigenvalue weighted by Crippen LogP contribution is 2.24. The molecule has 0 bridgehead atoms. The van der Waals surface area contributed by atoms with E-state index in [-0.39, 0.29) is 11.8 Å². The Kier molecular flexibility index (Phi) is 6.87. The Balaban J connectivity index is 1.59. The van der Waals surface area contributed by atoms with E-state index < -0.39 is 6.10 Å². The molecule has 0 radical (unpaired) electrons. The summed E-state index contributed by atoms with van der Waals surface area (Å²) in [5.41, 5.74) is 1.98. The first-order valence-corrected chi connectivity index (χ1v) is 9.55. The van der Waals surface area contributed by atoms with Gasteiger partial charge in [0.1, 0.15) is 5.75 Å². The second-order valence-corrected chi connectivity index (χ2v) is 6.84. The van der Waals surface area contributed by atoms with Crippen molar-refractivity contribution in [1.82, 2.24) is 5.32 Å². The molecule has 0 fully saturated rings. The van der Waals surface area contributed by atoms with Crippen LogP contribution < -0.4 is 15.4 Å². The summed E-state index contributed by atoms with van der Waals surface area (Å²) in [7, 11) is 0. The van der Waals surface area contributed by atoms with Crippen LogP contribution in [0, 0.1) is 0 Å². The van der Waals surface area contributed by atoms with Gasteiger partial charge >= 0.3 is 0 Å². The first-order chi connectivity index (χ1) is 14.0. The highest BCUT2D eigenvalue weighted by molar-refractivity contribution is 6.32. The Morgan fingerprint density at radius 2 is 1.69 bits per heavy atom. The molecule has 148 valence electrons. The highest BCUT2D eigenvalue weighted by Gasteiger charge is 2.17. The van der Waals surface area contributed by atoms with E-state index in [0.29, 0.717) is 28.6 Å². The molecule has 1 atom stereocenters. The molecule has 0 aliphatic heterocycles. The first-order valence-electron chi connectivity index (χ1n) is 9.17. The van der Waals surface area contributed by atoms with Gasteiger partial charge in [-0.3, -0.25) is 9.59 Å². The summed E-state index contributed by atoms with van der Waals surface area (Å²) in [6.07, 6.45) is -0.759. The van der Waals surface area contributed by atoms with Crippen molar-refractivity contribution in [2.24, 2.45) is 0 Å². The van der Waals surface area contributed by atoms with Gasteiger partial charge in [0.05, 0.1) is 5.02 Å². The summed E-state index contributed by atoms with van der Waals surface area (Å²) in [6.45, 7) is 2.06. The quantitative estimate of drug-likeness (QED) is 0.596. The smallest absolute Gasteiger partial charge is 0.265 e. The van der Waals surface area contributed by atoms with Crippen LogP contribution >= 0.6 is 11.6 Å². The summed E-state index contributed by atoms with van der Waals surface area (Å²) in [5.74, 6) is -0.122. The number of carbonyl (C=O) groups excluding carboxylic acids is 2. The van der Waals surface area contributed by atoms with Crippen LogP contribution in [0.5, 0.6) is 5.75 Å². The lowest BCUT2D eigenvalue weighted by molar-refractivity contribution is -0.122. The maximum Gasteiger partial charge on any atom is 0.265 e. The molecule has 0 saturated carbocycles. The van der Waals surface area contributed by atoms with E-state index in [9.17, 15) is 9.59 Å². The normalized spacial score (nSPS) is 11.4. The fourth-order valence-electron chi connectivity index (χ4n) is 2.65. The lowest BCUT2D eigenvalue weighted by Crippen LogP contribution is -2.30. The van der Waals surface area contributed by atoms with Crippen LogP contribution in [0.3, 0.4) is 0 Å². The Bertz CT molecular complexity index is 992. The highest BCUT2D eigenvalue weighted by atomic mass is 35.5. The minimum absolute atomic E-state index is 0.217. The summed E-state index contributed by atoms with van der Waals surface area (Å²) < 4.78 is 5.62. The molecule has 3 aromatic rings. The molecule has 0 heterocycles. The first kappa shape index (κ1) is 20.4. The molecule has 0 aliphatic rings. The predicted molar refractivity (Wildman–Crippen MR) is 114 cm³/mol. The van der Waals surface area contributed by atoms with Crippen molar-refractivity contribution in [3.63, 3.8) is 0 Å². The third-order valence-electron chi connectivity index (χ3n) is 4.20. The standard InChI is InChI=1S/C23H21ClN2O3/c1-16(29-21-13-6-5-12-20(21)24)22(27)26-19-11-7-10-18(14-19)23(28)25-15-17-8-3-2-4-9-17/h2-14,16H,15H2,1H3,(H,25,28)(H,26,27). The van der Waals surface area contributed by atoms with Crippen molar-refractivity contribution in [2.75, 3.05) is 5.32 Å². The molecule has 2 N–H and O–H groups in total. The fraction of sp³-hybridized carbons (Fsp3) is 0.130. The lowest BCUT2D eigenvalue weighted by atomic mass is 10.1. The molecular weight excluding hydrogens is 388 g/mol. The molecule has 2 amide bonds. The Morgan fingerprint density at radius 1 is 0.966 bits per heavy atom. The van der Waals surface area contributed by atoms with Gasteiger partial charge in [0.25, 0.3) is 11.8 Å². The van der Waals surface area contributed by atoms with Gasteiger partial charge in [0.15, 0.2) is 6.10 Å². The molecule has 0 spiro atoms. The average Bonchev–Trinajstić information content (AvgIpc) is 2.74. The van der Waals surface area contributed by atoms with Crippen LogP contribution in [0.25, 0.3) is 0 Å². The number of halogens is 1. The summed E-state index contributed by atoms with van der Waals surface area (Å²) >= 11 is 6.06. The van der Waals surface area contributed by atoms with Crippen molar-refractivity contribution >= 4 is 29.1 Å². The second kappa shape index (κ2) is 9.75. The number of nitrogens with one attached hydrogen (secondary N) is 2. The minimum Gasteiger partial charge on any atom is -0.479 e. The van der Waals surface area contributed by atoms with Crippen LogP contribution in [0.1, 0.15) is 22.8 Å². The zero-order valence-electron chi connectivity index (χ0n) is 15.9. The summed E-state index contributed by atoms with van der Waals surface area (Å²) in [6, 6.07) is 23.4. The Hall–Kier alpha value is -3.31. The summed E-state index contributed by atoms with van der Waals surface area (Å²) in [4.78, 5) is 24.8. The van der Waals surface area contributed by atoms with Crippen LogP contribution in [0.2, 0.25) is 5.02 Å². The monoisotopic (exact) mass is 408 g/mol. The number of anilines is 1. The van der Waals surface area contributed by atoms with Gasteiger partial charge in [0, 0.05) is 17.8 Å². The maximum atomic E-state index is 12.4. The molecule has 0 saturated heterocycles. The van der Waals surface area contributed by atoms with Crippen molar-refractivity contribution in [3.05, 3.63) is 95.0 Å². The summed E-state index contributed by atoms with van der Waals surface area (Å²) in [5, 5.41) is 6.06. The van der Waals surface area contributed by atoms with E-state index >= 15 is 0 Å². The van der Waals surface area contributed by atoms with Gasteiger partial charge in [0.2, 0.25) is 0 Å². The zero-order chi connectivity index (χ0) is 20.6. The molecule has 6 heteroatoms. The van der Waals surface area contributed by atoms with Gasteiger partial charge in [-0.05, 0) is 42.8 Å². The second-order valence-electron chi connectivity index (χ2n) is 6.43. The number of hydrogen-bond donors (Lipinski definition) is 2. The van der Waals surface area contributed by atoms with Crippen LogP contribution in [-0.2, 0) is 11.3 Å². The number of amides is 2. The van der Waals surface area contributed by atoms with Gasteiger partial charge in [-0.2, -0.15) is 0 Å². The van der Waals surface area contributed by atoms with E-state index in [2.05, 4.69) is 10.6 Å². The lowest BCUT2D eigenvalue weighted by Gasteiger charge is -2.16. The molecule has 5 nitrogen and oxygen atoms in total. The van der Waals surface area contributed by atoms with Crippen molar-refractivity contribution in [3.8, 4) is 5.75 Å². The van der Waals surface area contributed by atoms with Crippen molar-refractivity contribution in [1.29, 1.82) is 0 Å². The molecular formula is C23H21ClN2O3. The average molecular weight is 409 g/mol. The third kappa shape index (κ3) is 5.83. The Morgan fingerprint density at radius 3 is 2.45 bits per heavy atom. The van der Waals surface area contributed by atoms with Crippen LogP contribution in [0.4, 0.5) is 5.69 Å². The maximum absolute atomic E-state index is 12.4. The number of benzene rings is 3. The van der Waals surface area contributed by atoms with Gasteiger partial charge in [-0.25, -0.2) is 0 Å². The number of hydrogen-bond acceptors (Lipinski definition) is 3. The SMILES string of the molecule is CC(Oc1ccccc1Cl)C(=O)Nc1cccc(C(=O)NCc2ccccc2)c1. The number of rotatable bonds is 7. The van der Waals surface area contributed by atoms with E-state index in [0.717, 1.165) is 5.56 Å². The fourth-order valence-corrected chi connectivity index (χ4v) is 2.83. The molecule has 3 aromatic carbocycles. The minimum atomic E-state index is -0.759. The van der Waals surface area contributed by atoms with Crippen molar-refractivity contribution < 1.29 is 14.3 Å². The topological polar surface area (TPSA) is 67.4 Å². The molecule has 29 heavy (non-hydrogen) atoms. The van der Waals surface area contributed by atoms with Gasteiger partial charge < -0.3 is 15.4 Å². The number of ether oxygens (including phenoxy) is 1. The number of para-hydroxylation sites is 1. The largest absolute Gasteiger partial charge is 0.479 e. The van der Waals surface area contributed by atoms with E-state index in [1.54, 1.807) is 55.5 Å². The number of carbonyl (C=O) groups is 2. The van der Waals surface area contributed by atoms with Crippen LogP contribution in [0.15, 0.2) is 78.9 Å². The molecule has 1 unspecified atom stereocenters. The van der Waals surface area contributed by atoms with E-state index in [1.807, 2.05) is 30.3 Å². The van der Waals surface area contributed by atoms with Crippen LogP contribution in [-0.4, -0.2) is 17.9 Å². The van der Waals surface area contributed by atoms with Crippen molar-refractivity contribution in [2.45, 2.75) is 19.6 Å². The molecule has 0 aliphatic carbocycles. The Labute approximate surface area is 174 Å². The van der Waals surface area contributed by atoms with E-state index in [4.69, 9.17) is 16.3 Å². The molecule has 0 aromatic heterocycles. The zero-order valence-corrected chi connectivity index (χ0v) is 16.6. The van der Waals surface area contributed by atoms with E-state index in [1.165, 1.54) is 0 Å².